The molecule has 0 saturated heterocycles. The molecule has 0 aliphatic heterocycles. The fourth-order valence-corrected chi connectivity index (χ4v) is 3.00. The first-order chi connectivity index (χ1) is 12.2. The maximum atomic E-state index is 12.0. The summed E-state index contributed by atoms with van der Waals surface area (Å²) in [6, 6.07) is 19.8. The molecular formula is C21H18N2O2. The van der Waals surface area contributed by atoms with Gasteiger partial charge in [0.25, 0.3) is 0 Å². The average molecular weight is 330 g/mol. The minimum Gasteiger partial charge on any atom is -0.462 e. The number of aryl methyl sites for hydroxylation is 1. The molecule has 1 heterocycles. The number of carbonyl (C=O) groups is 1. The van der Waals surface area contributed by atoms with E-state index in [9.17, 15) is 10.1 Å². The van der Waals surface area contributed by atoms with E-state index in [2.05, 4.69) is 4.57 Å². The van der Waals surface area contributed by atoms with Crippen molar-refractivity contribution in [1.29, 1.82) is 5.26 Å². The number of aromatic nitrogens is 1. The van der Waals surface area contributed by atoms with Crippen molar-refractivity contribution in [2.75, 3.05) is 6.61 Å². The number of nitrogens with zero attached hydrogens (tertiary/aromatic N) is 2. The number of ether oxygens (including phenoxy) is 1. The molecule has 0 N–H and O–H groups in total. The van der Waals surface area contributed by atoms with Crippen molar-refractivity contribution in [3.05, 3.63) is 65.7 Å². The predicted molar refractivity (Wildman–Crippen MR) is 98.6 cm³/mol. The SMILES string of the molecule is CCOC(=O)C(C#N)=Cc1c(-c2ccccc2)n(C)c2ccccc12. The van der Waals surface area contributed by atoms with Gasteiger partial charge in [-0.15, -0.1) is 0 Å². The second-order valence-corrected chi connectivity index (χ2v) is 5.59. The molecule has 3 aromatic rings. The molecule has 0 bridgehead atoms. The normalized spacial score (nSPS) is 11.3. The van der Waals surface area contributed by atoms with Crippen LogP contribution in [0.1, 0.15) is 12.5 Å². The van der Waals surface area contributed by atoms with E-state index in [0.29, 0.717) is 0 Å². The Bertz CT molecular complexity index is 992. The van der Waals surface area contributed by atoms with Crippen LogP contribution in [-0.4, -0.2) is 17.1 Å². The Morgan fingerprint density at radius 1 is 1.16 bits per heavy atom. The molecule has 124 valence electrons. The number of esters is 1. The lowest BCUT2D eigenvalue weighted by molar-refractivity contribution is -0.137. The lowest BCUT2D eigenvalue weighted by Gasteiger charge is -2.07. The Labute approximate surface area is 146 Å². The molecule has 0 unspecified atom stereocenters. The summed E-state index contributed by atoms with van der Waals surface area (Å²) in [4.78, 5) is 12.0. The average Bonchev–Trinajstić information content (AvgIpc) is 2.93. The quantitative estimate of drug-likeness (QED) is 0.407. The van der Waals surface area contributed by atoms with Crippen LogP contribution < -0.4 is 0 Å². The molecule has 0 fully saturated rings. The van der Waals surface area contributed by atoms with E-state index in [1.165, 1.54) is 0 Å². The van der Waals surface area contributed by atoms with Crippen LogP contribution >= 0.6 is 0 Å². The van der Waals surface area contributed by atoms with Crippen LogP contribution in [0, 0.1) is 11.3 Å². The summed E-state index contributed by atoms with van der Waals surface area (Å²) in [5.41, 5.74) is 3.85. The van der Waals surface area contributed by atoms with Crippen LogP contribution in [0.3, 0.4) is 0 Å². The minimum atomic E-state index is -0.600. The first-order valence-corrected chi connectivity index (χ1v) is 8.09. The molecule has 0 radical (unpaired) electrons. The zero-order valence-corrected chi connectivity index (χ0v) is 14.2. The summed E-state index contributed by atoms with van der Waals surface area (Å²) in [5.74, 6) is -0.600. The van der Waals surface area contributed by atoms with Crippen molar-refractivity contribution in [2.45, 2.75) is 6.92 Å². The van der Waals surface area contributed by atoms with Gasteiger partial charge < -0.3 is 9.30 Å². The van der Waals surface area contributed by atoms with Gasteiger partial charge in [0.15, 0.2) is 0 Å². The molecule has 1 aromatic heterocycles. The van der Waals surface area contributed by atoms with Crippen molar-refractivity contribution in [3.8, 4) is 17.3 Å². The molecule has 2 aromatic carbocycles. The molecule has 0 spiro atoms. The molecule has 0 saturated carbocycles. The number of nitriles is 1. The van der Waals surface area contributed by atoms with Gasteiger partial charge in [0.05, 0.1) is 12.3 Å². The number of hydrogen-bond acceptors (Lipinski definition) is 3. The fraction of sp³-hybridized carbons (Fsp3) is 0.143. The highest BCUT2D eigenvalue weighted by molar-refractivity contribution is 6.04. The first-order valence-electron chi connectivity index (χ1n) is 8.09. The van der Waals surface area contributed by atoms with Crippen molar-refractivity contribution >= 4 is 22.9 Å². The van der Waals surface area contributed by atoms with E-state index in [0.717, 1.165) is 27.7 Å². The molecule has 3 rings (SSSR count). The van der Waals surface area contributed by atoms with Gasteiger partial charge in [-0.1, -0.05) is 48.5 Å². The summed E-state index contributed by atoms with van der Waals surface area (Å²) < 4.78 is 7.08. The van der Waals surface area contributed by atoms with Crippen LogP contribution in [0.15, 0.2) is 60.2 Å². The van der Waals surface area contributed by atoms with Gasteiger partial charge in [-0.05, 0) is 24.6 Å². The van der Waals surface area contributed by atoms with E-state index < -0.39 is 5.97 Å². The van der Waals surface area contributed by atoms with E-state index in [1.807, 2.05) is 67.7 Å². The standard InChI is InChI=1S/C21H18N2O2/c1-3-25-21(24)16(14-22)13-18-17-11-7-8-12-19(17)23(2)20(18)15-9-5-4-6-10-15/h4-13H,3H2,1-2H3. The van der Waals surface area contributed by atoms with Gasteiger partial charge in [-0.2, -0.15) is 5.26 Å². The van der Waals surface area contributed by atoms with Gasteiger partial charge in [0.2, 0.25) is 0 Å². The third-order valence-corrected chi connectivity index (χ3v) is 4.10. The summed E-state index contributed by atoms with van der Waals surface area (Å²) >= 11 is 0. The molecule has 25 heavy (non-hydrogen) atoms. The molecular weight excluding hydrogens is 312 g/mol. The van der Waals surface area contributed by atoms with Crippen LogP contribution in [0.25, 0.3) is 28.2 Å². The number of para-hydroxylation sites is 1. The molecule has 0 atom stereocenters. The van der Waals surface area contributed by atoms with Gasteiger partial charge in [0.1, 0.15) is 11.6 Å². The smallest absolute Gasteiger partial charge is 0.348 e. The predicted octanol–water partition coefficient (Wildman–Crippen LogP) is 4.32. The Morgan fingerprint density at radius 2 is 1.84 bits per heavy atom. The maximum absolute atomic E-state index is 12.0. The zero-order valence-electron chi connectivity index (χ0n) is 14.2. The zero-order chi connectivity index (χ0) is 17.8. The van der Waals surface area contributed by atoms with Crippen LogP contribution in [0.2, 0.25) is 0 Å². The summed E-state index contributed by atoms with van der Waals surface area (Å²) in [7, 11) is 1.98. The Kier molecular flexibility index (Phi) is 4.67. The highest BCUT2D eigenvalue weighted by Gasteiger charge is 2.18. The van der Waals surface area contributed by atoms with Crippen molar-refractivity contribution < 1.29 is 9.53 Å². The highest BCUT2D eigenvalue weighted by Crippen LogP contribution is 2.34. The summed E-state index contributed by atoms with van der Waals surface area (Å²) in [5, 5.41) is 10.4. The highest BCUT2D eigenvalue weighted by atomic mass is 16.5. The lowest BCUT2D eigenvalue weighted by Crippen LogP contribution is -2.06. The molecule has 4 heteroatoms. The topological polar surface area (TPSA) is 55.0 Å². The minimum absolute atomic E-state index is 0.00427. The van der Waals surface area contributed by atoms with Crippen molar-refractivity contribution in [3.63, 3.8) is 0 Å². The number of carbonyl (C=O) groups excluding carboxylic acids is 1. The molecule has 0 aliphatic carbocycles. The van der Waals surface area contributed by atoms with Gasteiger partial charge in [-0.25, -0.2) is 4.79 Å². The largest absolute Gasteiger partial charge is 0.462 e. The lowest BCUT2D eigenvalue weighted by atomic mass is 10.0. The monoisotopic (exact) mass is 330 g/mol. The van der Waals surface area contributed by atoms with Gasteiger partial charge >= 0.3 is 5.97 Å². The number of benzene rings is 2. The van der Waals surface area contributed by atoms with E-state index in [1.54, 1.807) is 13.0 Å². The number of rotatable bonds is 4. The van der Waals surface area contributed by atoms with Crippen LogP contribution in [-0.2, 0) is 16.6 Å². The Hall–Kier alpha value is -3.32. The molecule has 0 aliphatic rings. The fourth-order valence-electron chi connectivity index (χ4n) is 3.00. The van der Waals surface area contributed by atoms with Crippen LogP contribution in [0.4, 0.5) is 0 Å². The molecule has 4 nitrogen and oxygen atoms in total. The van der Waals surface area contributed by atoms with Gasteiger partial charge in [-0.3, -0.25) is 0 Å². The summed E-state index contributed by atoms with van der Waals surface area (Å²) in [6.45, 7) is 1.96. The number of fused-ring (bicyclic) bond motifs is 1. The first kappa shape index (κ1) is 16.5. The van der Waals surface area contributed by atoms with Crippen LogP contribution in [0.5, 0.6) is 0 Å². The van der Waals surface area contributed by atoms with Crippen molar-refractivity contribution in [1.82, 2.24) is 4.57 Å². The summed E-state index contributed by atoms with van der Waals surface area (Å²) in [6.07, 6.45) is 1.63. The van der Waals surface area contributed by atoms with E-state index >= 15 is 0 Å². The Balaban J connectivity index is 2.30. The second-order valence-electron chi connectivity index (χ2n) is 5.59. The third kappa shape index (κ3) is 3.05. The third-order valence-electron chi connectivity index (χ3n) is 4.10. The van der Waals surface area contributed by atoms with Gasteiger partial charge in [0, 0.05) is 23.5 Å². The molecule has 0 amide bonds. The number of hydrogen-bond donors (Lipinski definition) is 0. The Morgan fingerprint density at radius 3 is 2.52 bits per heavy atom. The van der Waals surface area contributed by atoms with E-state index in [-0.39, 0.29) is 12.2 Å². The van der Waals surface area contributed by atoms with Crippen molar-refractivity contribution in [2.24, 2.45) is 7.05 Å². The second kappa shape index (κ2) is 7.06. The maximum Gasteiger partial charge on any atom is 0.348 e. The van der Waals surface area contributed by atoms with E-state index in [4.69, 9.17) is 4.74 Å².